The zero-order valence-corrected chi connectivity index (χ0v) is 10.6. The van der Waals surface area contributed by atoms with Crippen LogP contribution in [0.15, 0.2) is 0 Å². The van der Waals surface area contributed by atoms with E-state index in [1.54, 1.807) is 0 Å². The van der Waals surface area contributed by atoms with E-state index in [2.05, 4.69) is 23.9 Å². The average Bonchev–Trinajstić information content (AvgIpc) is 2.51. The van der Waals surface area contributed by atoms with Crippen LogP contribution >= 0.6 is 0 Å². The third kappa shape index (κ3) is 4.09. The monoisotopic (exact) mass is 234 g/mol. The average molecular weight is 234 g/mol. The lowest BCUT2D eigenvalue weighted by Gasteiger charge is -2.18. The van der Waals surface area contributed by atoms with Crippen LogP contribution in [0.5, 0.6) is 0 Å². The fraction of sp³-hybridized carbons (Fsp3) is 1.00. The molecule has 0 radical (unpaired) electrons. The second-order valence-electron chi connectivity index (χ2n) is 4.81. The molecule has 0 aromatic heterocycles. The van der Waals surface area contributed by atoms with Gasteiger partial charge in [-0.15, -0.1) is 0 Å². The summed E-state index contributed by atoms with van der Waals surface area (Å²) in [6, 6.07) is 0.0376. The topological polar surface area (TPSA) is 58.2 Å². The summed E-state index contributed by atoms with van der Waals surface area (Å²) >= 11 is 0. The molecule has 1 aliphatic rings. The van der Waals surface area contributed by atoms with E-state index >= 15 is 0 Å². The SMILES string of the molecule is CC(C)CC(C)NS(=O)(=O)C1CCNC1. The quantitative estimate of drug-likeness (QED) is 0.736. The number of sulfonamides is 1. The van der Waals surface area contributed by atoms with Crippen LogP contribution in [0, 0.1) is 5.92 Å². The maximum Gasteiger partial charge on any atom is 0.216 e. The normalized spacial score (nSPS) is 24.7. The van der Waals surface area contributed by atoms with Crippen LogP contribution in [-0.4, -0.2) is 32.8 Å². The molecule has 1 heterocycles. The molecule has 0 spiro atoms. The van der Waals surface area contributed by atoms with E-state index in [-0.39, 0.29) is 11.3 Å². The largest absolute Gasteiger partial charge is 0.315 e. The molecule has 2 N–H and O–H groups in total. The summed E-state index contributed by atoms with van der Waals surface area (Å²) in [4.78, 5) is 0. The van der Waals surface area contributed by atoms with Crippen LogP contribution in [0.2, 0.25) is 0 Å². The van der Waals surface area contributed by atoms with Crippen molar-refractivity contribution in [2.75, 3.05) is 13.1 Å². The lowest BCUT2D eigenvalue weighted by Crippen LogP contribution is -2.41. The molecular weight excluding hydrogens is 212 g/mol. The van der Waals surface area contributed by atoms with E-state index < -0.39 is 10.0 Å². The second-order valence-corrected chi connectivity index (χ2v) is 6.80. The van der Waals surface area contributed by atoms with Gasteiger partial charge in [-0.05, 0) is 32.2 Å². The van der Waals surface area contributed by atoms with Crippen LogP contribution in [0.3, 0.4) is 0 Å². The van der Waals surface area contributed by atoms with Crippen molar-refractivity contribution >= 4 is 10.0 Å². The molecule has 1 aliphatic heterocycles. The van der Waals surface area contributed by atoms with E-state index in [0.29, 0.717) is 12.5 Å². The van der Waals surface area contributed by atoms with Crippen LogP contribution in [-0.2, 0) is 10.0 Å². The number of hydrogen-bond acceptors (Lipinski definition) is 3. The van der Waals surface area contributed by atoms with E-state index in [0.717, 1.165) is 19.4 Å². The van der Waals surface area contributed by atoms with E-state index in [1.807, 2.05) is 6.92 Å². The van der Waals surface area contributed by atoms with Gasteiger partial charge in [0.15, 0.2) is 0 Å². The first kappa shape index (κ1) is 12.9. The van der Waals surface area contributed by atoms with Gasteiger partial charge in [0.1, 0.15) is 0 Å². The highest BCUT2D eigenvalue weighted by molar-refractivity contribution is 7.90. The minimum Gasteiger partial charge on any atom is -0.315 e. The Morgan fingerprint density at radius 1 is 1.40 bits per heavy atom. The first-order valence-corrected chi connectivity index (χ1v) is 7.18. The highest BCUT2D eigenvalue weighted by Gasteiger charge is 2.29. The zero-order chi connectivity index (χ0) is 11.5. The molecule has 2 unspecified atom stereocenters. The molecule has 90 valence electrons. The first-order chi connectivity index (χ1) is 6.92. The van der Waals surface area contributed by atoms with Gasteiger partial charge in [0.2, 0.25) is 10.0 Å². The molecule has 0 aromatic rings. The smallest absolute Gasteiger partial charge is 0.216 e. The van der Waals surface area contributed by atoms with Crippen molar-refractivity contribution in [3.63, 3.8) is 0 Å². The summed E-state index contributed by atoms with van der Waals surface area (Å²) in [5, 5.41) is 2.83. The summed E-state index contributed by atoms with van der Waals surface area (Å²) in [6.45, 7) is 7.53. The van der Waals surface area contributed by atoms with E-state index in [1.165, 1.54) is 0 Å². The predicted molar refractivity (Wildman–Crippen MR) is 62.2 cm³/mol. The highest BCUT2D eigenvalue weighted by Crippen LogP contribution is 2.11. The van der Waals surface area contributed by atoms with Crippen molar-refractivity contribution in [2.24, 2.45) is 5.92 Å². The Bertz CT molecular complexity index is 282. The molecule has 2 atom stereocenters. The minimum atomic E-state index is -3.12. The Morgan fingerprint density at radius 2 is 2.07 bits per heavy atom. The van der Waals surface area contributed by atoms with Crippen molar-refractivity contribution in [2.45, 2.75) is 44.9 Å². The van der Waals surface area contributed by atoms with Gasteiger partial charge < -0.3 is 5.32 Å². The summed E-state index contributed by atoms with van der Waals surface area (Å²) in [5.74, 6) is 0.518. The summed E-state index contributed by atoms with van der Waals surface area (Å²) in [6.07, 6.45) is 1.61. The molecule has 0 amide bonds. The van der Waals surface area contributed by atoms with Crippen molar-refractivity contribution in [1.29, 1.82) is 0 Å². The van der Waals surface area contributed by atoms with E-state index in [9.17, 15) is 8.42 Å². The van der Waals surface area contributed by atoms with Crippen LogP contribution < -0.4 is 10.0 Å². The van der Waals surface area contributed by atoms with Crippen LogP contribution in [0.1, 0.15) is 33.6 Å². The predicted octanol–water partition coefficient (Wildman–Crippen LogP) is 0.702. The third-order valence-electron chi connectivity index (χ3n) is 2.64. The standard InChI is InChI=1S/C10H22N2O2S/c1-8(2)6-9(3)12-15(13,14)10-4-5-11-7-10/h8-12H,4-7H2,1-3H3. The lowest BCUT2D eigenvalue weighted by molar-refractivity contribution is 0.479. The van der Waals surface area contributed by atoms with Gasteiger partial charge in [-0.1, -0.05) is 13.8 Å². The molecule has 0 bridgehead atoms. The number of rotatable bonds is 5. The fourth-order valence-electron chi connectivity index (χ4n) is 2.02. The van der Waals surface area contributed by atoms with Crippen molar-refractivity contribution < 1.29 is 8.42 Å². The van der Waals surface area contributed by atoms with Gasteiger partial charge in [-0.2, -0.15) is 0 Å². The summed E-state index contributed by atoms with van der Waals surface area (Å²) in [5.41, 5.74) is 0. The molecule has 15 heavy (non-hydrogen) atoms. The third-order valence-corrected chi connectivity index (χ3v) is 4.66. The Morgan fingerprint density at radius 3 is 2.53 bits per heavy atom. The van der Waals surface area contributed by atoms with Gasteiger partial charge in [0.05, 0.1) is 5.25 Å². The Kier molecular flexibility index (Phi) is 4.55. The molecular formula is C10H22N2O2S. The fourth-order valence-corrected chi connectivity index (χ4v) is 3.64. The van der Waals surface area contributed by atoms with Gasteiger partial charge in [-0.25, -0.2) is 13.1 Å². The Balaban J connectivity index is 2.48. The van der Waals surface area contributed by atoms with Crippen LogP contribution in [0.4, 0.5) is 0 Å². The van der Waals surface area contributed by atoms with Crippen molar-refractivity contribution in [1.82, 2.24) is 10.0 Å². The highest BCUT2D eigenvalue weighted by atomic mass is 32.2. The lowest BCUT2D eigenvalue weighted by atomic mass is 10.1. The summed E-state index contributed by atoms with van der Waals surface area (Å²) in [7, 11) is -3.12. The van der Waals surface area contributed by atoms with Crippen LogP contribution in [0.25, 0.3) is 0 Å². The molecule has 0 aromatic carbocycles. The molecule has 1 rings (SSSR count). The molecule has 0 aliphatic carbocycles. The number of nitrogens with one attached hydrogen (secondary N) is 2. The van der Waals surface area contributed by atoms with Gasteiger partial charge in [0.25, 0.3) is 0 Å². The van der Waals surface area contributed by atoms with Gasteiger partial charge in [0, 0.05) is 12.6 Å². The molecule has 0 saturated carbocycles. The van der Waals surface area contributed by atoms with Gasteiger partial charge >= 0.3 is 0 Å². The Labute approximate surface area is 92.9 Å². The Hall–Kier alpha value is -0.130. The van der Waals surface area contributed by atoms with Gasteiger partial charge in [-0.3, -0.25) is 0 Å². The van der Waals surface area contributed by atoms with Crippen molar-refractivity contribution in [3.05, 3.63) is 0 Å². The number of hydrogen-bond donors (Lipinski definition) is 2. The maximum absolute atomic E-state index is 11.9. The first-order valence-electron chi connectivity index (χ1n) is 5.63. The molecule has 1 fully saturated rings. The minimum absolute atomic E-state index is 0.0376. The van der Waals surface area contributed by atoms with Crippen molar-refractivity contribution in [3.8, 4) is 0 Å². The summed E-state index contributed by atoms with van der Waals surface area (Å²) < 4.78 is 26.5. The second kappa shape index (κ2) is 5.27. The maximum atomic E-state index is 11.9. The zero-order valence-electron chi connectivity index (χ0n) is 9.79. The molecule has 4 nitrogen and oxygen atoms in total. The molecule has 1 saturated heterocycles. The molecule has 5 heteroatoms. The van der Waals surface area contributed by atoms with E-state index in [4.69, 9.17) is 0 Å².